The zero-order valence-electron chi connectivity index (χ0n) is 15.2. The zero-order chi connectivity index (χ0) is 22.1. The van der Waals surface area contributed by atoms with Crippen LogP contribution in [0.5, 0.6) is 0 Å². The van der Waals surface area contributed by atoms with Crippen molar-refractivity contribution in [3.05, 3.63) is 41.7 Å². The normalized spacial score (nSPS) is 15.6. The standard InChI is InChI=1S/C18H15F7N4O/c19-14-8-28(9-14)15(30)1-2-29-10-26-16(27-29)13-4-11(6-17(20,21)22)3-12(5-13)7-18(23,24)25/h1-5,10,14H,6-9H2. The number of rotatable bonds is 5. The van der Waals surface area contributed by atoms with Gasteiger partial charge in [-0.05, 0) is 23.3 Å². The second-order valence-corrected chi connectivity index (χ2v) is 6.83. The first-order valence-corrected chi connectivity index (χ1v) is 8.67. The highest BCUT2D eigenvalue weighted by atomic mass is 19.4. The summed E-state index contributed by atoms with van der Waals surface area (Å²) in [5.41, 5.74) is -0.711. The molecule has 1 aromatic carbocycles. The third kappa shape index (κ3) is 6.04. The lowest BCUT2D eigenvalue weighted by Gasteiger charge is -2.33. The highest BCUT2D eigenvalue weighted by Crippen LogP contribution is 2.29. The first-order valence-electron chi connectivity index (χ1n) is 8.67. The van der Waals surface area contributed by atoms with Crippen molar-refractivity contribution in [2.45, 2.75) is 31.4 Å². The maximum Gasteiger partial charge on any atom is 0.393 e. The number of nitrogens with zero attached hydrogens (tertiary/aromatic N) is 4. The van der Waals surface area contributed by atoms with Gasteiger partial charge in [0.2, 0.25) is 5.91 Å². The number of aromatic nitrogens is 3. The topological polar surface area (TPSA) is 51.0 Å². The van der Waals surface area contributed by atoms with Gasteiger partial charge in [0.05, 0.1) is 25.9 Å². The van der Waals surface area contributed by atoms with Crippen LogP contribution in [-0.2, 0) is 17.6 Å². The third-order valence-electron chi connectivity index (χ3n) is 4.15. The van der Waals surface area contributed by atoms with Crippen LogP contribution in [-0.4, -0.2) is 57.2 Å². The Labute approximate surface area is 165 Å². The average molecular weight is 436 g/mol. The van der Waals surface area contributed by atoms with Gasteiger partial charge in [-0.3, -0.25) is 4.79 Å². The SMILES string of the molecule is O=C(C=Cn1cnc(-c2cc(CC(F)(F)F)cc(CC(F)(F)F)c2)n1)N1CC(F)C1. The van der Waals surface area contributed by atoms with E-state index in [2.05, 4.69) is 10.1 Å². The van der Waals surface area contributed by atoms with Gasteiger partial charge < -0.3 is 4.90 Å². The monoisotopic (exact) mass is 436 g/mol. The number of hydrogen-bond donors (Lipinski definition) is 0. The predicted molar refractivity (Wildman–Crippen MR) is 91.8 cm³/mol. The van der Waals surface area contributed by atoms with Crippen LogP contribution < -0.4 is 0 Å². The number of likely N-dealkylation sites (tertiary alicyclic amines) is 1. The van der Waals surface area contributed by atoms with E-state index in [0.717, 1.165) is 35.3 Å². The van der Waals surface area contributed by atoms with Gasteiger partial charge in [-0.1, -0.05) is 6.07 Å². The number of halogens is 7. The summed E-state index contributed by atoms with van der Waals surface area (Å²) in [6.07, 6.45) is -9.58. The van der Waals surface area contributed by atoms with Crippen molar-refractivity contribution in [1.82, 2.24) is 19.7 Å². The largest absolute Gasteiger partial charge is 0.393 e. The molecule has 1 fully saturated rings. The van der Waals surface area contributed by atoms with Crippen LogP contribution in [0.4, 0.5) is 30.7 Å². The van der Waals surface area contributed by atoms with E-state index in [1.807, 2.05) is 0 Å². The molecule has 0 radical (unpaired) electrons. The molecular weight excluding hydrogens is 421 g/mol. The Morgan fingerprint density at radius 2 is 1.60 bits per heavy atom. The summed E-state index contributed by atoms with van der Waals surface area (Å²) >= 11 is 0. The van der Waals surface area contributed by atoms with Crippen molar-refractivity contribution >= 4 is 12.1 Å². The van der Waals surface area contributed by atoms with Crippen molar-refractivity contribution in [1.29, 1.82) is 0 Å². The molecule has 0 N–H and O–H groups in total. The lowest BCUT2D eigenvalue weighted by Crippen LogP contribution is -2.50. The van der Waals surface area contributed by atoms with E-state index in [1.165, 1.54) is 11.1 Å². The van der Waals surface area contributed by atoms with Crippen molar-refractivity contribution in [2.24, 2.45) is 0 Å². The van der Waals surface area contributed by atoms with Gasteiger partial charge in [0.1, 0.15) is 12.5 Å². The fourth-order valence-corrected chi connectivity index (χ4v) is 2.89. The molecule has 0 aliphatic carbocycles. The average Bonchev–Trinajstić information content (AvgIpc) is 3.02. The summed E-state index contributed by atoms with van der Waals surface area (Å²) in [6, 6.07) is 3.00. The minimum absolute atomic E-state index is 0.0141. The quantitative estimate of drug-likeness (QED) is 0.529. The molecule has 0 atom stereocenters. The number of carbonyl (C=O) groups excluding carboxylic acids is 1. The number of amides is 1. The first-order chi connectivity index (χ1) is 13.9. The molecule has 3 rings (SSSR count). The van der Waals surface area contributed by atoms with Crippen LogP contribution in [0.2, 0.25) is 0 Å². The fourth-order valence-electron chi connectivity index (χ4n) is 2.89. The Morgan fingerprint density at radius 1 is 1.03 bits per heavy atom. The molecule has 162 valence electrons. The molecule has 5 nitrogen and oxygen atoms in total. The molecule has 0 saturated carbocycles. The van der Waals surface area contributed by atoms with E-state index in [9.17, 15) is 35.5 Å². The number of hydrogen-bond acceptors (Lipinski definition) is 3. The van der Waals surface area contributed by atoms with Crippen molar-refractivity contribution in [2.75, 3.05) is 13.1 Å². The number of alkyl halides is 7. The predicted octanol–water partition coefficient (Wildman–Crippen LogP) is 3.81. The van der Waals surface area contributed by atoms with E-state index in [0.29, 0.717) is 0 Å². The molecule has 0 unspecified atom stereocenters. The molecule has 1 aliphatic rings. The lowest BCUT2D eigenvalue weighted by atomic mass is 10.0. The van der Waals surface area contributed by atoms with Crippen molar-refractivity contribution in [3.63, 3.8) is 0 Å². The Bertz CT molecular complexity index is 908. The van der Waals surface area contributed by atoms with Gasteiger partial charge in [0.25, 0.3) is 0 Å². The number of benzene rings is 1. The second kappa shape index (κ2) is 8.07. The maximum atomic E-state index is 12.8. The van der Waals surface area contributed by atoms with Crippen LogP contribution >= 0.6 is 0 Å². The summed E-state index contributed by atoms with van der Waals surface area (Å²) in [5.74, 6) is -0.562. The van der Waals surface area contributed by atoms with Crippen LogP contribution in [0.1, 0.15) is 11.1 Å². The van der Waals surface area contributed by atoms with Crippen molar-refractivity contribution < 1.29 is 35.5 Å². The highest BCUT2D eigenvalue weighted by Gasteiger charge is 2.31. The van der Waals surface area contributed by atoms with E-state index < -0.39 is 37.3 Å². The van der Waals surface area contributed by atoms with E-state index in [1.54, 1.807) is 0 Å². The van der Waals surface area contributed by atoms with E-state index in [-0.39, 0.29) is 35.6 Å². The minimum atomic E-state index is -4.60. The maximum absolute atomic E-state index is 12.8. The van der Waals surface area contributed by atoms with E-state index >= 15 is 0 Å². The van der Waals surface area contributed by atoms with Gasteiger partial charge in [0.15, 0.2) is 5.82 Å². The summed E-state index contributed by atoms with van der Waals surface area (Å²) in [6.45, 7) is -0.0283. The number of carbonyl (C=O) groups is 1. The van der Waals surface area contributed by atoms with Gasteiger partial charge in [-0.2, -0.15) is 26.3 Å². The van der Waals surface area contributed by atoms with Gasteiger partial charge in [-0.25, -0.2) is 14.1 Å². The lowest BCUT2D eigenvalue weighted by molar-refractivity contribution is -0.132. The van der Waals surface area contributed by atoms with Gasteiger partial charge >= 0.3 is 12.4 Å². The summed E-state index contributed by atoms with van der Waals surface area (Å²) in [5, 5.41) is 3.96. The molecule has 0 bridgehead atoms. The molecular formula is C18H15F7N4O. The minimum Gasteiger partial charge on any atom is -0.333 e. The molecule has 2 heterocycles. The summed E-state index contributed by atoms with van der Waals surface area (Å²) in [7, 11) is 0. The van der Waals surface area contributed by atoms with Crippen LogP contribution in [0.25, 0.3) is 17.6 Å². The smallest absolute Gasteiger partial charge is 0.333 e. The van der Waals surface area contributed by atoms with Crippen LogP contribution in [0.15, 0.2) is 30.6 Å². The summed E-state index contributed by atoms with van der Waals surface area (Å²) < 4.78 is 90.2. The van der Waals surface area contributed by atoms with Gasteiger partial charge in [0, 0.05) is 17.8 Å². The zero-order valence-corrected chi connectivity index (χ0v) is 15.2. The Morgan fingerprint density at radius 3 is 2.10 bits per heavy atom. The second-order valence-electron chi connectivity index (χ2n) is 6.83. The molecule has 12 heteroatoms. The molecule has 1 aliphatic heterocycles. The van der Waals surface area contributed by atoms with Crippen LogP contribution in [0.3, 0.4) is 0 Å². The van der Waals surface area contributed by atoms with Crippen molar-refractivity contribution in [3.8, 4) is 11.4 Å². The Kier molecular flexibility index (Phi) is 5.86. The molecule has 1 amide bonds. The first kappa shape index (κ1) is 21.8. The van der Waals surface area contributed by atoms with Crippen LogP contribution in [0, 0.1) is 0 Å². The fraction of sp³-hybridized carbons (Fsp3) is 0.389. The molecule has 0 spiro atoms. The Hall–Kier alpha value is -2.92. The van der Waals surface area contributed by atoms with Gasteiger partial charge in [-0.15, -0.1) is 5.10 Å². The highest BCUT2D eigenvalue weighted by molar-refractivity contribution is 5.90. The Balaban J connectivity index is 1.82. The molecule has 1 aromatic heterocycles. The molecule has 30 heavy (non-hydrogen) atoms. The molecule has 1 saturated heterocycles. The van der Waals surface area contributed by atoms with E-state index in [4.69, 9.17) is 0 Å². The molecule has 2 aromatic rings. The summed E-state index contributed by atoms with van der Waals surface area (Å²) in [4.78, 5) is 16.9. The third-order valence-corrected chi connectivity index (χ3v) is 4.15.